The molecular weight excluding hydrogens is 404 g/mol. The van der Waals surface area contributed by atoms with Crippen LogP contribution in [-0.4, -0.2) is 34.7 Å². The quantitative estimate of drug-likeness (QED) is 0.564. The van der Waals surface area contributed by atoms with Crippen LogP contribution in [0.4, 0.5) is 5.82 Å². The Morgan fingerprint density at radius 2 is 2.00 bits per heavy atom. The Bertz CT molecular complexity index is 1100. The van der Waals surface area contributed by atoms with Crippen molar-refractivity contribution in [1.29, 1.82) is 0 Å². The van der Waals surface area contributed by atoms with Gasteiger partial charge in [0.1, 0.15) is 5.75 Å². The summed E-state index contributed by atoms with van der Waals surface area (Å²) in [5, 5.41) is 10.3. The van der Waals surface area contributed by atoms with E-state index in [1.807, 2.05) is 54.1 Å². The van der Waals surface area contributed by atoms with Crippen molar-refractivity contribution in [3.63, 3.8) is 0 Å². The smallest absolute Gasteiger partial charge is 0.230 e. The summed E-state index contributed by atoms with van der Waals surface area (Å²) in [5.41, 5.74) is 4.02. The van der Waals surface area contributed by atoms with Crippen molar-refractivity contribution in [2.45, 2.75) is 33.1 Å². The third kappa shape index (κ3) is 4.82. The molecule has 1 aliphatic rings. The van der Waals surface area contributed by atoms with E-state index in [2.05, 4.69) is 34.8 Å². The van der Waals surface area contributed by atoms with E-state index in [4.69, 9.17) is 4.74 Å². The Hall–Kier alpha value is -3.61. The molecule has 1 fully saturated rings. The number of rotatable bonds is 8. The molecule has 2 aromatic carbocycles. The van der Waals surface area contributed by atoms with Crippen LogP contribution in [0, 0.1) is 5.92 Å². The molecule has 0 aliphatic carbocycles. The van der Waals surface area contributed by atoms with E-state index in [0.29, 0.717) is 19.0 Å². The van der Waals surface area contributed by atoms with Gasteiger partial charge in [0.2, 0.25) is 11.8 Å². The maximum absolute atomic E-state index is 12.6. The molecule has 32 heavy (non-hydrogen) atoms. The number of ether oxygens (including phenoxy) is 1. The van der Waals surface area contributed by atoms with Gasteiger partial charge in [0.05, 0.1) is 23.9 Å². The summed E-state index contributed by atoms with van der Waals surface area (Å²) in [6.45, 7) is 5.07. The first-order valence-corrected chi connectivity index (χ1v) is 11.1. The van der Waals surface area contributed by atoms with Crippen LogP contribution in [0.15, 0.2) is 54.6 Å². The second-order valence-electron chi connectivity index (χ2n) is 7.90. The van der Waals surface area contributed by atoms with Gasteiger partial charge in [-0.05, 0) is 49.2 Å². The van der Waals surface area contributed by atoms with Crippen LogP contribution in [-0.2, 0) is 16.0 Å². The van der Waals surface area contributed by atoms with Gasteiger partial charge in [0.25, 0.3) is 0 Å². The highest BCUT2D eigenvalue weighted by atomic mass is 16.5. The minimum absolute atomic E-state index is 0.0986. The molecule has 1 atom stereocenters. The van der Waals surface area contributed by atoms with Crippen molar-refractivity contribution >= 4 is 17.6 Å². The second kappa shape index (κ2) is 9.68. The average molecular weight is 433 g/mol. The predicted molar refractivity (Wildman–Crippen MR) is 124 cm³/mol. The Labute approximate surface area is 187 Å². The molecule has 1 aliphatic heterocycles. The number of aromatic nitrogens is 2. The second-order valence-corrected chi connectivity index (χ2v) is 7.90. The monoisotopic (exact) mass is 432 g/mol. The van der Waals surface area contributed by atoms with Crippen LogP contribution >= 0.6 is 0 Å². The summed E-state index contributed by atoms with van der Waals surface area (Å²) >= 11 is 0. The molecule has 2 heterocycles. The minimum Gasteiger partial charge on any atom is -0.494 e. The SMILES string of the molecule is CCCc1cccc(-c2cc(NC(=O)[C@@H]3CNC(=O)C3)nn2-c2ccc(OCC)cc2)c1. The molecule has 2 N–H and O–H groups in total. The fraction of sp³-hybridized carbons (Fsp3) is 0.320. The van der Waals surface area contributed by atoms with Gasteiger partial charge in [-0.15, -0.1) is 5.10 Å². The molecule has 7 nitrogen and oxygen atoms in total. The minimum atomic E-state index is -0.380. The zero-order valence-electron chi connectivity index (χ0n) is 18.4. The lowest BCUT2D eigenvalue weighted by molar-refractivity contribution is -0.123. The molecule has 0 radical (unpaired) electrons. The number of benzene rings is 2. The highest BCUT2D eigenvalue weighted by Crippen LogP contribution is 2.28. The van der Waals surface area contributed by atoms with Gasteiger partial charge in [-0.3, -0.25) is 9.59 Å². The number of nitrogens with one attached hydrogen (secondary N) is 2. The maximum Gasteiger partial charge on any atom is 0.230 e. The number of aryl methyl sites for hydroxylation is 1. The van der Waals surface area contributed by atoms with Crippen molar-refractivity contribution in [3.8, 4) is 22.7 Å². The standard InChI is InChI=1S/C25H28N4O3/c1-3-6-17-7-5-8-18(13-17)22-15-23(27-25(31)19-14-24(30)26-16-19)28-29(22)20-9-11-21(12-10-20)32-4-2/h5,7-13,15,19H,3-4,6,14,16H2,1-2H3,(H,26,30)(H,27,28,31)/t19-/m0/s1. The molecule has 0 spiro atoms. The topological polar surface area (TPSA) is 85.3 Å². The molecule has 0 unspecified atom stereocenters. The molecule has 7 heteroatoms. The zero-order valence-corrected chi connectivity index (χ0v) is 18.4. The first-order chi connectivity index (χ1) is 15.6. The number of anilines is 1. The lowest BCUT2D eigenvalue weighted by atomic mass is 10.0. The highest BCUT2D eigenvalue weighted by Gasteiger charge is 2.28. The van der Waals surface area contributed by atoms with E-state index >= 15 is 0 Å². The van der Waals surface area contributed by atoms with E-state index in [-0.39, 0.29) is 24.2 Å². The fourth-order valence-corrected chi connectivity index (χ4v) is 3.89. The molecular formula is C25H28N4O3. The van der Waals surface area contributed by atoms with Crippen molar-refractivity contribution in [3.05, 3.63) is 60.2 Å². The van der Waals surface area contributed by atoms with E-state index in [1.165, 1.54) is 5.56 Å². The summed E-state index contributed by atoms with van der Waals surface area (Å²) in [6, 6.07) is 18.0. The summed E-state index contributed by atoms with van der Waals surface area (Å²) < 4.78 is 7.39. The zero-order chi connectivity index (χ0) is 22.5. The van der Waals surface area contributed by atoms with E-state index in [1.54, 1.807) is 0 Å². The van der Waals surface area contributed by atoms with Gasteiger partial charge in [-0.1, -0.05) is 31.5 Å². The maximum atomic E-state index is 12.6. The van der Waals surface area contributed by atoms with E-state index in [0.717, 1.165) is 35.5 Å². The van der Waals surface area contributed by atoms with E-state index < -0.39 is 0 Å². The van der Waals surface area contributed by atoms with Gasteiger partial charge in [0, 0.05) is 24.6 Å². The summed E-state index contributed by atoms with van der Waals surface area (Å²) in [5.74, 6) is 0.569. The fourth-order valence-electron chi connectivity index (χ4n) is 3.89. The molecule has 2 amide bonds. The van der Waals surface area contributed by atoms with Crippen LogP contribution in [0.25, 0.3) is 16.9 Å². The number of carbonyl (C=O) groups excluding carboxylic acids is 2. The number of hydrogen-bond acceptors (Lipinski definition) is 4. The van der Waals surface area contributed by atoms with E-state index in [9.17, 15) is 9.59 Å². The molecule has 0 bridgehead atoms. The van der Waals surface area contributed by atoms with Crippen LogP contribution < -0.4 is 15.4 Å². The number of nitrogens with zero attached hydrogens (tertiary/aromatic N) is 2. The van der Waals surface area contributed by atoms with Gasteiger partial charge < -0.3 is 15.4 Å². The molecule has 1 saturated heterocycles. The van der Waals surface area contributed by atoms with Crippen molar-refractivity contribution < 1.29 is 14.3 Å². The predicted octanol–water partition coefficient (Wildman–Crippen LogP) is 3.97. The number of amides is 2. The van der Waals surface area contributed by atoms with Crippen molar-refractivity contribution in [2.24, 2.45) is 5.92 Å². The largest absolute Gasteiger partial charge is 0.494 e. The first-order valence-electron chi connectivity index (χ1n) is 11.1. The van der Waals surface area contributed by atoms with Crippen LogP contribution in [0.5, 0.6) is 5.75 Å². The van der Waals surface area contributed by atoms with Crippen LogP contribution in [0.2, 0.25) is 0 Å². The lowest BCUT2D eigenvalue weighted by Gasteiger charge is -2.10. The molecule has 0 saturated carbocycles. The molecule has 1 aromatic heterocycles. The van der Waals surface area contributed by atoms with Gasteiger partial charge in [0.15, 0.2) is 5.82 Å². The Morgan fingerprint density at radius 3 is 2.69 bits per heavy atom. The van der Waals surface area contributed by atoms with Gasteiger partial charge in [-0.25, -0.2) is 4.68 Å². The Morgan fingerprint density at radius 1 is 1.19 bits per heavy atom. The lowest BCUT2D eigenvalue weighted by Crippen LogP contribution is -2.24. The number of hydrogen-bond donors (Lipinski definition) is 2. The third-order valence-electron chi connectivity index (χ3n) is 5.46. The van der Waals surface area contributed by atoms with Crippen LogP contribution in [0.3, 0.4) is 0 Å². The normalized spacial score (nSPS) is 15.4. The van der Waals surface area contributed by atoms with Crippen molar-refractivity contribution in [2.75, 3.05) is 18.5 Å². The number of carbonyl (C=O) groups is 2. The molecule has 4 rings (SSSR count). The third-order valence-corrected chi connectivity index (χ3v) is 5.46. The Kier molecular flexibility index (Phi) is 6.54. The summed E-state index contributed by atoms with van der Waals surface area (Å²) in [6.07, 6.45) is 2.27. The summed E-state index contributed by atoms with van der Waals surface area (Å²) in [4.78, 5) is 24.1. The van der Waals surface area contributed by atoms with Gasteiger partial charge >= 0.3 is 0 Å². The van der Waals surface area contributed by atoms with Crippen LogP contribution in [0.1, 0.15) is 32.3 Å². The van der Waals surface area contributed by atoms with Crippen molar-refractivity contribution in [1.82, 2.24) is 15.1 Å². The summed E-state index contributed by atoms with van der Waals surface area (Å²) in [7, 11) is 0. The van der Waals surface area contributed by atoms with Gasteiger partial charge in [-0.2, -0.15) is 0 Å². The Balaban J connectivity index is 1.68. The molecule has 3 aromatic rings. The molecule has 166 valence electrons. The average Bonchev–Trinajstić information content (AvgIpc) is 3.41. The highest BCUT2D eigenvalue weighted by molar-refractivity contribution is 5.97. The first kappa shape index (κ1) is 21.6.